The maximum Gasteiger partial charge on any atom is 0.270 e. The zero-order valence-corrected chi connectivity index (χ0v) is 16.6. The molecular formula is C23H22N4O2. The van der Waals surface area contributed by atoms with Crippen molar-refractivity contribution in [3.8, 4) is 23.1 Å². The van der Waals surface area contributed by atoms with E-state index in [-0.39, 0.29) is 18.4 Å². The van der Waals surface area contributed by atoms with Gasteiger partial charge in [0.2, 0.25) is 0 Å². The molecule has 2 amide bonds. The number of benzene rings is 2. The minimum absolute atomic E-state index is 0.0529. The number of nitrogens with zero attached hydrogens (tertiary/aromatic N) is 3. The van der Waals surface area contributed by atoms with Crippen LogP contribution in [0.3, 0.4) is 0 Å². The van der Waals surface area contributed by atoms with E-state index in [1.54, 1.807) is 56.2 Å². The number of carbonyl (C=O) groups is 2. The van der Waals surface area contributed by atoms with Gasteiger partial charge >= 0.3 is 0 Å². The summed E-state index contributed by atoms with van der Waals surface area (Å²) in [6, 6.07) is 18.5. The molecule has 146 valence electrons. The molecule has 0 spiro atoms. The lowest BCUT2D eigenvalue weighted by atomic mass is 10.1. The summed E-state index contributed by atoms with van der Waals surface area (Å²) in [6.07, 6.45) is 0. The van der Waals surface area contributed by atoms with Crippen molar-refractivity contribution in [2.75, 3.05) is 20.6 Å². The maximum absolute atomic E-state index is 12.4. The molecule has 0 atom stereocenters. The second-order valence-electron chi connectivity index (χ2n) is 6.67. The van der Waals surface area contributed by atoms with Crippen LogP contribution in [-0.4, -0.2) is 47.1 Å². The topological polar surface area (TPSA) is 67.2 Å². The summed E-state index contributed by atoms with van der Waals surface area (Å²) in [5, 5.41) is 7.19. The zero-order valence-electron chi connectivity index (χ0n) is 16.6. The van der Waals surface area contributed by atoms with E-state index in [0.29, 0.717) is 11.3 Å². The number of nitrogens with one attached hydrogen (secondary N) is 1. The minimum atomic E-state index is -0.233. The quantitative estimate of drug-likeness (QED) is 0.701. The van der Waals surface area contributed by atoms with Crippen LogP contribution in [0.5, 0.6) is 0 Å². The van der Waals surface area contributed by atoms with E-state index in [4.69, 9.17) is 0 Å². The van der Waals surface area contributed by atoms with Gasteiger partial charge in [-0.3, -0.25) is 14.3 Å². The Morgan fingerprint density at radius 3 is 2.41 bits per heavy atom. The second kappa shape index (κ2) is 8.89. The van der Waals surface area contributed by atoms with Crippen LogP contribution in [0.25, 0.3) is 11.3 Å². The standard InChI is InChI=1S/C23H22N4O2/c1-26(2)23(29)19-13-11-17(12-14-19)8-7-15-24-22(28)21-16-20(25-27(21)3)18-9-5-4-6-10-18/h4-6,9-14,16H,15H2,1-3H3,(H,24,28). The predicted octanol–water partition coefficient (Wildman–Crippen LogP) is 2.57. The first kappa shape index (κ1) is 19.9. The van der Waals surface area contributed by atoms with Crippen molar-refractivity contribution in [1.29, 1.82) is 0 Å². The van der Waals surface area contributed by atoms with Gasteiger partial charge in [-0.05, 0) is 30.3 Å². The highest BCUT2D eigenvalue weighted by atomic mass is 16.2. The van der Waals surface area contributed by atoms with Gasteiger partial charge in [-0.15, -0.1) is 0 Å². The summed E-state index contributed by atoms with van der Waals surface area (Å²) in [7, 11) is 5.16. The summed E-state index contributed by atoms with van der Waals surface area (Å²) < 4.78 is 1.56. The molecule has 0 aliphatic heterocycles. The minimum Gasteiger partial charge on any atom is -0.345 e. The van der Waals surface area contributed by atoms with Crippen molar-refractivity contribution in [2.24, 2.45) is 7.05 Å². The van der Waals surface area contributed by atoms with Crippen molar-refractivity contribution in [2.45, 2.75) is 0 Å². The Bertz CT molecular complexity index is 1070. The Morgan fingerprint density at radius 1 is 1.07 bits per heavy atom. The lowest BCUT2D eigenvalue weighted by molar-refractivity contribution is 0.0827. The monoisotopic (exact) mass is 386 g/mol. The third-order valence-corrected chi connectivity index (χ3v) is 4.29. The molecule has 0 saturated carbocycles. The predicted molar refractivity (Wildman–Crippen MR) is 112 cm³/mol. The van der Waals surface area contributed by atoms with Gasteiger partial charge in [0.05, 0.1) is 12.2 Å². The Hall–Kier alpha value is -3.85. The summed E-state index contributed by atoms with van der Waals surface area (Å²) in [6.45, 7) is 0.211. The lowest BCUT2D eigenvalue weighted by Gasteiger charge is -2.09. The number of hydrogen-bond donors (Lipinski definition) is 1. The molecule has 2 aromatic carbocycles. The Kier molecular flexibility index (Phi) is 6.10. The van der Waals surface area contributed by atoms with Crippen molar-refractivity contribution >= 4 is 11.8 Å². The average Bonchev–Trinajstić information content (AvgIpc) is 3.13. The molecular weight excluding hydrogens is 364 g/mol. The molecule has 1 aromatic heterocycles. The Morgan fingerprint density at radius 2 is 1.76 bits per heavy atom. The van der Waals surface area contributed by atoms with Crippen LogP contribution < -0.4 is 5.32 Å². The molecule has 6 nitrogen and oxygen atoms in total. The number of carbonyl (C=O) groups excluding carboxylic acids is 2. The number of aromatic nitrogens is 2. The van der Waals surface area contributed by atoms with Crippen molar-refractivity contribution < 1.29 is 9.59 Å². The smallest absolute Gasteiger partial charge is 0.270 e. The maximum atomic E-state index is 12.4. The molecule has 0 fully saturated rings. The van der Waals surface area contributed by atoms with E-state index in [1.807, 2.05) is 30.3 Å². The van der Waals surface area contributed by atoms with Crippen LogP contribution in [0.1, 0.15) is 26.4 Å². The van der Waals surface area contributed by atoms with E-state index >= 15 is 0 Å². The van der Waals surface area contributed by atoms with Gasteiger partial charge in [0.1, 0.15) is 5.69 Å². The van der Waals surface area contributed by atoms with E-state index in [9.17, 15) is 9.59 Å². The van der Waals surface area contributed by atoms with E-state index in [2.05, 4.69) is 22.3 Å². The third kappa shape index (κ3) is 4.90. The van der Waals surface area contributed by atoms with Gasteiger partial charge in [-0.2, -0.15) is 5.10 Å². The first-order valence-electron chi connectivity index (χ1n) is 9.14. The van der Waals surface area contributed by atoms with Crippen molar-refractivity contribution in [1.82, 2.24) is 20.0 Å². The molecule has 0 aliphatic rings. The number of aryl methyl sites for hydroxylation is 1. The molecule has 0 unspecified atom stereocenters. The molecule has 1 N–H and O–H groups in total. The molecule has 3 rings (SSSR count). The van der Waals surface area contributed by atoms with E-state index < -0.39 is 0 Å². The van der Waals surface area contributed by atoms with Crippen LogP contribution in [-0.2, 0) is 7.05 Å². The summed E-state index contributed by atoms with van der Waals surface area (Å²) >= 11 is 0. The molecule has 1 heterocycles. The largest absolute Gasteiger partial charge is 0.345 e. The number of amides is 2. The molecule has 0 bridgehead atoms. The molecule has 6 heteroatoms. The fraction of sp³-hybridized carbons (Fsp3) is 0.174. The average molecular weight is 386 g/mol. The van der Waals surface area contributed by atoms with Crippen molar-refractivity contribution in [3.63, 3.8) is 0 Å². The van der Waals surface area contributed by atoms with Crippen LogP contribution >= 0.6 is 0 Å². The van der Waals surface area contributed by atoms with Crippen molar-refractivity contribution in [3.05, 3.63) is 77.5 Å². The van der Waals surface area contributed by atoms with E-state index in [1.165, 1.54) is 4.90 Å². The van der Waals surface area contributed by atoms with Gasteiger partial charge in [0, 0.05) is 37.8 Å². The molecule has 0 radical (unpaired) electrons. The lowest BCUT2D eigenvalue weighted by Crippen LogP contribution is -2.25. The van der Waals surface area contributed by atoms with Crippen LogP contribution in [0.2, 0.25) is 0 Å². The van der Waals surface area contributed by atoms with Gasteiger partial charge in [0.15, 0.2) is 0 Å². The molecule has 0 aliphatic carbocycles. The van der Waals surface area contributed by atoms with E-state index in [0.717, 1.165) is 16.8 Å². The number of hydrogen-bond acceptors (Lipinski definition) is 3. The molecule has 3 aromatic rings. The van der Waals surface area contributed by atoms with Crippen LogP contribution in [0.4, 0.5) is 0 Å². The first-order chi connectivity index (χ1) is 14.0. The summed E-state index contributed by atoms with van der Waals surface area (Å²) in [4.78, 5) is 25.8. The van der Waals surface area contributed by atoms with Gasteiger partial charge in [0.25, 0.3) is 11.8 Å². The molecule has 0 saturated heterocycles. The highest BCUT2D eigenvalue weighted by Crippen LogP contribution is 2.18. The SMILES string of the molecule is CN(C)C(=O)c1ccc(C#CCNC(=O)c2cc(-c3ccccc3)nn2C)cc1. The van der Waals surface area contributed by atoms with Gasteiger partial charge in [-0.25, -0.2) is 0 Å². The first-order valence-corrected chi connectivity index (χ1v) is 9.14. The fourth-order valence-electron chi connectivity index (χ4n) is 2.75. The highest BCUT2D eigenvalue weighted by Gasteiger charge is 2.13. The van der Waals surface area contributed by atoms with Crippen LogP contribution in [0.15, 0.2) is 60.7 Å². The zero-order chi connectivity index (χ0) is 20.8. The fourth-order valence-corrected chi connectivity index (χ4v) is 2.75. The van der Waals surface area contributed by atoms with Crippen LogP contribution in [0, 0.1) is 11.8 Å². The Balaban J connectivity index is 1.60. The Labute approximate surface area is 170 Å². The normalized spacial score (nSPS) is 10.0. The molecule has 29 heavy (non-hydrogen) atoms. The number of rotatable bonds is 4. The highest BCUT2D eigenvalue weighted by molar-refractivity contribution is 5.94. The van der Waals surface area contributed by atoms with Gasteiger partial charge in [-0.1, -0.05) is 42.2 Å². The third-order valence-electron chi connectivity index (χ3n) is 4.29. The summed E-state index contributed by atoms with van der Waals surface area (Å²) in [5.41, 5.74) is 3.56. The summed E-state index contributed by atoms with van der Waals surface area (Å²) in [5.74, 6) is 5.62. The second-order valence-corrected chi connectivity index (χ2v) is 6.67. The van der Waals surface area contributed by atoms with Gasteiger partial charge < -0.3 is 10.2 Å².